The Morgan fingerprint density at radius 2 is 0.930 bits per heavy atom. The predicted molar refractivity (Wildman–Crippen MR) is 191 cm³/mol. The van der Waals surface area contributed by atoms with Gasteiger partial charge < -0.3 is 0 Å². The van der Waals surface area contributed by atoms with Crippen LogP contribution in [-0.2, 0) is 12.8 Å². The Balaban J connectivity index is 1.46. The standard InChI is InChI=1S/C42H48Si/c1-9-27(3)31-17-21-33(22-18-31)37-15-11-13-35-25-29(5)41(39(35)37)43(7,8)42-30(6)26-36-14-12-16-38(40(36)42)34-23-19-32(20-24-34)28(4)10-2/h11-24,27-28H,9-10,25-26H2,1-8H3. The Morgan fingerprint density at radius 3 is 1.28 bits per heavy atom. The lowest BCUT2D eigenvalue weighted by Gasteiger charge is -2.32. The lowest BCUT2D eigenvalue weighted by atomic mass is 9.93. The summed E-state index contributed by atoms with van der Waals surface area (Å²) in [5.41, 5.74) is 17.6. The van der Waals surface area contributed by atoms with E-state index in [0.717, 1.165) is 12.8 Å². The van der Waals surface area contributed by atoms with Crippen LogP contribution in [0.2, 0.25) is 13.1 Å². The first-order valence-corrected chi connectivity index (χ1v) is 19.5. The maximum atomic E-state index is 2.63. The van der Waals surface area contributed by atoms with Crippen LogP contribution in [0.15, 0.2) is 96.1 Å². The van der Waals surface area contributed by atoms with E-state index in [1.165, 1.54) is 68.5 Å². The van der Waals surface area contributed by atoms with Crippen LogP contribution in [0, 0.1) is 0 Å². The molecule has 0 heterocycles. The number of rotatable bonds is 8. The van der Waals surface area contributed by atoms with Crippen LogP contribution in [0.3, 0.4) is 0 Å². The molecule has 4 aromatic carbocycles. The highest BCUT2D eigenvalue weighted by Gasteiger charge is 2.42. The third kappa shape index (κ3) is 5.10. The van der Waals surface area contributed by atoms with E-state index in [-0.39, 0.29) is 0 Å². The van der Waals surface area contributed by atoms with Crippen molar-refractivity contribution in [2.24, 2.45) is 0 Å². The Hall–Kier alpha value is -3.42. The van der Waals surface area contributed by atoms with E-state index in [1.807, 2.05) is 0 Å². The maximum absolute atomic E-state index is 2.63. The summed E-state index contributed by atoms with van der Waals surface area (Å²) in [5, 5.41) is 3.32. The third-order valence-corrected chi connectivity index (χ3v) is 14.5. The van der Waals surface area contributed by atoms with Gasteiger partial charge in [0.1, 0.15) is 8.07 Å². The molecule has 6 rings (SSSR count). The van der Waals surface area contributed by atoms with E-state index in [1.54, 1.807) is 21.5 Å². The number of fused-ring (bicyclic) bond motifs is 2. The van der Waals surface area contributed by atoms with Gasteiger partial charge in [-0.2, -0.15) is 0 Å². The summed E-state index contributed by atoms with van der Waals surface area (Å²) in [5.74, 6) is 1.19. The Labute approximate surface area is 261 Å². The van der Waals surface area contributed by atoms with Gasteiger partial charge in [-0.3, -0.25) is 0 Å². The highest BCUT2D eigenvalue weighted by molar-refractivity contribution is 7.09. The van der Waals surface area contributed by atoms with Crippen LogP contribution in [0.4, 0.5) is 0 Å². The maximum Gasteiger partial charge on any atom is 0.113 e. The first kappa shape index (κ1) is 29.6. The van der Waals surface area contributed by atoms with Crippen LogP contribution in [0.5, 0.6) is 0 Å². The van der Waals surface area contributed by atoms with Crippen molar-refractivity contribution in [2.45, 2.75) is 92.2 Å². The molecule has 4 aromatic rings. The molecule has 0 fully saturated rings. The van der Waals surface area contributed by atoms with Gasteiger partial charge in [-0.15, -0.1) is 0 Å². The predicted octanol–water partition coefficient (Wildman–Crippen LogP) is 12.2. The Bertz CT molecular complexity index is 1600. The average molecular weight is 581 g/mol. The molecule has 0 aromatic heterocycles. The average Bonchev–Trinajstić information content (AvgIpc) is 3.56. The molecule has 43 heavy (non-hydrogen) atoms. The van der Waals surface area contributed by atoms with Crippen molar-refractivity contribution in [3.05, 3.63) is 129 Å². The fourth-order valence-electron chi connectivity index (χ4n) is 8.01. The molecule has 2 atom stereocenters. The Morgan fingerprint density at radius 1 is 0.558 bits per heavy atom. The molecule has 0 saturated carbocycles. The van der Waals surface area contributed by atoms with Gasteiger partial charge in [-0.05, 0) is 117 Å². The summed E-state index contributed by atoms with van der Waals surface area (Å²) in [6, 6.07) is 32.9. The molecule has 0 bridgehead atoms. The third-order valence-electron chi connectivity index (χ3n) is 10.6. The SMILES string of the molecule is CCC(C)c1ccc(-c2cccc3c2C([Si](C)(C)C2=C(C)Cc4cccc(-c5ccc(C(C)CC)cc5)c42)=C(C)C3)cc1. The summed E-state index contributed by atoms with van der Waals surface area (Å²) in [6.07, 6.45) is 4.48. The zero-order valence-electron chi connectivity index (χ0n) is 27.6. The lowest BCUT2D eigenvalue weighted by Crippen LogP contribution is -2.31. The summed E-state index contributed by atoms with van der Waals surface area (Å²) in [4.78, 5) is 0. The molecule has 0 saturated heterocycles. The van der Waals surface area contributed by atoms with Crippen LogP contribution in [-0.4, -0.2) is 8.07 Å². The summed E-state index contributed by atoms with van der Waals surface area (Å²) in [7, 11) is -2.10. The van der Waals surface area contributed by atoms with Gasteiger partial charge in [0.15, 0.2) is 0 Å². The zero-order chi connectivity index (χ0) is 30.5. The molecule has 220 valence electrons. The van der Waals surface area contributed by atoms with Crippen LogP contribution in [0.25, 0.3) is 32.6 Å². The number of allylic oxidation sites excluding steroid dienone is 2. The van der Waals surface area contributed by atoms with Crippen molar-refractivity contribution in [1.82, 2.24) is 0 Å². The molecule has 0 amide bonds. The monoisotopic (exact) mass is 580 g/mol. The number of hydrogen-bond acceptors (Lipinski definition) is 0. The molecule has 0 radical (unpaired) electrons. The van der Waals surface area contributed by atoms with Crippen molar-refractivity contribution >= 4 is 18.5 Å². The van der Waals surface area contributed by atoms with Crippen LogP contribution in [0.1, 0.15) is 99.6 Å². The molecular weight excluding hydrogens is 533 g/mol. The van der Waals surface area contributed by atoms with E-state index in [9.17, 15) is 0 Å². The minimum Gasteiger partial charge on any atom is -0.0686 e. The van der Waals surface area contributed by atoms with Crippen LogP contribution < -0.4 is 0 Å². The van der Waals surface area contributed by atoms with Crippen molar-refractivity contribution in [3.63, 3.8) is 0 Å². The molecule has 0 nitrogen and oxygen atoms in total. The summed E-state index contributed by atoms with van der Waals surface area (Å²) < 4.78 is 0. The van der Waals surface area contributed by atoms with E-state index in [0.29, 0.717) is 11.8 Å². The molecular formula is C42H48Si. The molecule has 0 N–H and O–H groups in total. The highest BCUT2D eigenvalue weighted by atomic mass is 28.3. The minimum atomic E-state index is -2.10. The van der Waals surface area contributed by atoms with E-state index < -0.39 is 8.07 Å². The minimum absolute atomic E-state index is 0.595. The fraction of sp³-hybridized carbons (Fsp3) is 0.333. The van der Waals surface area contributed by atoms with E-state index in [4.69, 9.17) is 0 Å². The quantitative estimate of drug-likeness (QED) is 0.182. The largest absolute Gasteiger partial charge is 0.113 e. The topological polar surface area (TPSA) is 0 Å². The van der Waals surface area contributed by atoms with Gasteiger partial charge in [0.25, 0.3) is 0 Å². The van der Waals surface area contributed by atoms with Gasteiger partial charge in [-0.25, -0.2) is 0 Å². The number of benzene rings is 4. The van der Waals surface area contributed by atoms with Crippen molar-refractivity contribution < 1.29 is 0 Å². The van der Waals surface area contributed by atoms with Gasteiger partial charge in [0, 0.05) is 0 Å². The highest BCUT2D eigenvalue weighted by Crippen LogP contribution is 2.52. The Kier molecular flexibility index (Phi) is 7.98. The normalized spacial score (nSPS) is 16.0. The summed E-state index contributed by atoms with van der Waals surface area (Å²) in [6.45, 7) is 19.3. The molecule has 2 aliphatic carbocycles. The molecule has 1 heteroatoms. The van der Waals surface area contributed by atoms with Crippen molar-refractivity contribution in [3.8, 4) is 22.3 Å². The second-order valence-corrected chi connectivity index (χ2v) is 18.1. The number of hydrogen-bond donors (Lipinski definition) is 0. The summed E-state index contributed by atoms with van der Waals surface area (Å²) >= 11 is 0. The smallest absolute Gasteiger partial charge is 0.0686 e. The van der Waals surface area contributed by atoms with Gasteiger partial charge >= 0.3 is 0 Å². The molecule has 2 unspecified atom stereocenters. The van der Waals surface area contributed by atoms with Gasteiger partial charge in [0.05, 0.1) is 0 Å². The second-order valence-electron chi connectivity index (χ2n) is 13.8. The van der Waals surface area contributed by atoms with E-state index in [2.05, 4.69) is 140 Å². The van der Waals surface area contributed by atoms with Crippen LogP contribution >= 0.6 is 0 Å². The molecule has 2 aliphatic rings. The second kappa shape index (κ2) is 11.6. The lowest BCUT2D eigenvalue weighted by molar-refractivity contribution is 0.734. The fourth-order valence-corrected chi connectivity index (χ4v) is 12.4. The molecule has 0 spiro atoms. The van der Waals surface area contributed by atoms with E-state index >= 15 is 0 Å². The van der Waals surface area contributed by atoms with Crippen molar-refractivity contribution in [2.75, 3.05) is 0 Å². The zero-order valence-corrected chi connectivity index (χ0v) is 28.6. The van der Waals surface area contributed by atoms with Crippen molar-refractivity contribution in [1.29, 1.82) is 0 Å². The first-order chi connectivity index (χ1) is 20.6. The van der Waals surface area contributed by atoms with Gasteiger partial charge in [-0.1, -0.05) is 137 Å². The van der Waals surface area contributed by atoms with Gasteiger partial charge in [0.2, 0.25) is 0 Å². The molecule has 0 aliphatic heterocycles. The first-order valence-electron chi connectivity index (χ1n) is 16.5.